The summed E-state index contributed by atoms with van der Waals surface area (Å²) in [6.45, 7) is 2.01. The highest BCUT2D eigenvalue weighted by molar-refractivity contribution is 6.07. The Kier molecular flexibility index (Phi) is 5.19. The predicted octanol–water partition coefficient (Wildman–Crippen LogP) is 4.70. The van der Waals surface area contributed by atoms with E-state index in [-0.39, 0.29) is 18.1 Å². The summed E-state index contributed by atoms with van der Waals surface area (Å²) >= 11 is 0. The van der Waals surface area contributed by atoms with E-state index < -0.39 is 0 Å². The largest absolute Gasteiger partial charge is 0.463 e. The van der Waals surface area contributed by atoms with Crippen molar-refractivity contribution < 1.29 is 23.4 Å². The van der Waals surface area contributed by atoms with E-state index in [1.54, 1.807) is 12.3 Å². The summed E-state index contributed by atoms with van der Waals surface area (Å²) in [4.78, 5) is 18.2. The number of hydrogen-bond donors (Lipinski definition) is 1. The molecule has 172 valence electrons. The van der Waals surface area contributed by atoms with E-state index in [4.69, 9.17) is 18.6 Å². The van der Waals surface area contributed by atoms with Crippen LogP contribution in [0.2, 0.25) is 0 Å². The molecule has 1 saturated heterocycles. The molecule has 1 N–H and O–H groups in total. The number of benzene rings is 2. The van der Waals surface area contributed by atoms with Gasteiger partial charge in [0.05, 0.1) is 17.3 Å². The lowest BCUT2D eigenvalue weighted by Crippen LogP contribution is -2.44. The van der Waals surface area contributed by atoms with Crippen LogP contribution in [-0.4, -0.2) is 37.4 Å². The fourth-order valence-electron chi connectivity index (χ4n) is 4.81. The number of nitrogens with one attached hydrogen (secondary N) is 1. The Morgan fingerprint density at radius 2 is 1.82 bits per heavy atom. The Morgan fingerprint density at radius 1 is 0.971 bits per heavy atom. The molecule has 2 aromatic heterocycles. The Balaban J connectivity index is 1.32. The first kappa shape index (κ1) is 20.7. The number of furan rings is 1. The zero-order valence-electron chi connectivity index (χ0n) is 18.6. The van der Waals surface area contributed by atoms with Gasteiger partial charge >= 0.3 is 0 Å². The topological polar surface area (TPSA) is 82.8 Å². The number of ether oxygens (including phenoxy) is 3. The van der Waals surface area contributed by atoms with Crippen molar-refractivity contribution in [2.75, 3.05) is 26.6 Å². The lowest BCUT2D eigenvalue weighted by molar-refractivity contribution is 0.0486. The third-order valence-corrected chi connectivity index (χ3v) is 6.76. The first-order valence-electron chi connectivity index (χ1n) is 11.4. The maximum Gasteiger partial charge on any atom is 0.252 e. The van der Waals surface area contributed by atoms with Gasteiger partial charge in [0.2, 0.25) is 6.79 Å². The molecule has 2 aliphatic rings. The normalized spacial score (nSPS) is 16.5. The lowest BCUT2D eigenvalue weighted by atomic mass is 9.74. The van der Waals surface area contributed by atoms with E-state index in [9.17, 15) is 4.79 Å². The molecular weight excluding hydrogens is 432 g/mol. The number of para-hydroxylation sites is 1. The zero-order chi connectivity index (χ0) is 23.0. The molecule has 7 heteroatoms. The van der Waals surface area contributed by atoms with Crippen LogP contribution in [0, 0.1) is 0 Å². The standard InChI is InChI=1S/C27H24N2O5/c30-26(20-15-22(23-6-3-11-32-23)29-21-5-2-1-4-19(20)21)28-16-27(9-12-31-13-10-27)18-7-8-24-25(14-18)34-17-33-24/h1-8,11,14-15H,9-10,12-13,16-17H2,(H,28,30). The summed E-state index contributed by atoms with van der Waals surface area (Å²) in [6, 6.07) is 19.2. The van der Waals surface area contributed by atoms with Crippen molar-refractivity contribution in [2.45, 2.75) is 18.3 Å². The first-order chi connectivity index (χ1) is 16.7. The lowest BCUT2D eigenvalue weighted by Gasteiger charge is -2.38. The second-order valence-electron chi connectivity index (χ2n) is 8.69. The molecule has 1 fully saturated rings. The van der Waals surface area contributed by atoms with Gasteiger partial charge in [-0.2, -0.15) is 0 Å². The van der Waals surface area contributed by atoms with Crippen LogP contribution in [0.3, 0.4) is 0 Å². The molecule has 0 atom stereocenters. The maximum absolute atomic E-state index is 13.5. The number of pyridine rings is 1. The van der Waals surface area contributed by atoms with Crippen LogP contribution in [0.5, 0.6) is 11.5 Å². The highest BCUT2D eigenvalue weighted by Crippen LogP contribution is 2.40. The summed E-state index contributed by atoms with van der Waals surface area (Å²) in [5.74, 6) is 1.99. The van der Waals surface area contributed by atoms with Crippen molar-refractivity contribution in [1.82, 2.24) is 10.3 Å². The Morgan fingerprint density at radius 3 is 2.68 bits per heavy atom. The highest BCUT2D eigenvalue weighted by Gasteiger charge is 2.36. The van der Waals surface area contributed by atoms with Crippen molar-refractivity contribution in [3.63, 3.8) is 0 Å². The summed E-state index contributed by atoms with van der Waals surface area (Å²) in [7, 11) is 0. The third-order valence-electron chi connectivity index (χ3n) is 6.76. The Hall–Kier alpha value is -3.84. The van der Waals surface area contributed by atoms with E-state index in [1.165, 1.54) is 0 Å². The summed E-state index contributed by atoms with van der Waals surface area (Å²) in [6.07, 6.45) is 3.22. The Labute approximate surface area is 196 Å². The van der Waals surface area contributed by atoms with Gasteiger partial charge in [0.15, 0.2) is 17.3 Å². The molecule has 6 rings (SSSR count). The molecule has 0 radical (unpaired) electrons. The second kappa shape index (κ2) is 8.50. The van der Waals surface area contributed by atoms with Gasteiger partial charge in [-0.3, -0.25) is 4.79 Å². The van der Waals surface area contributed by atoms with Gasteiger partial charge in [0.25, 0.3) is 5.91 Å². The molecule has 4 heterocycles. The van der Waals surface area contributed by atoms with Gasteiger partial charge in [-0.25, -0.2) is 4.98 Å². The van der Waals surface area contributed by atoms with Crippen LogP contribution in [0.15, 0.2) is 71.3 Å². The zero-order valence-corrected chi connectivity index (χ0v) is 18.6. The maximum atomic E-state index is 13.5. The molecule has 0 aliphatic carbocycles. The van der Waals surface area contributed by atoms with Crippen LogP contribution < -0.4 is 14.8 Å². The van der Waals surface area contributed by atoms with Crippen molar-refractivity contribution in [1.29, 1.82) is 0 Å². The molecule has 0 spiro atoms. The minimum Gasteiger partial charge on any atom is -0.463 e. The second-order valence-corrected chi connectivity index (χ2v) is 8.69. The number of hydrogen-bond acceptors (Lipinski definition) is 6. The number of fused-ring (bicyclic) bond motifs is 2. The van der Waals surface area contributed by atoms with Crippen molar-refractivity contribution in [2.24, 2.45) is 0 Å². The number of amides is 1. The fraction of sp³-hybridized carbons (Fsp3) is 0.259. The minimum atomic E-state index is -0.248. The summed E-state index contributed by atoms with van der Waals surface area (Å²) < 4.78 is 22.3. The molecule has 1 amide bonds. The van der Waals surface area contributed by atoms with Gasteiger partial charge in [0.1, 0.15) is 5.69 Å². The van der Waals surface area contributed by atoms with Crippen LogP contribution in [0.25, 0.3) is 22.4 Å². The molecule has 0 unspecified atom stereocenters. The molecule has 0 bridgehead atoms. The van der Waals surface area contributed by atoms with Crippen LogP contribution >= 0.6 is 0 Å². The van der Waals surface area contributed by atoms with Crippen molar-refractivity contribution in [3.8, 4) is 23.0 Å². The number of nitrogens with zero attached hydrogens (tertiary/aromatic N) is 1. The van der Waals surface area contributed by atoms with Crippen LogP contribution in [0.4, 0.5) is 0 Å². The van der Waals surface area contributed by atoms with Crippen LogP contribution in [0.1, 0.15) is 28.8 Å². The van der Waals surface area contributed by atoms with E-state index >= 15 is 0 Å². The van der Waals surface area contributed by atoms with Gasteiger partial charge in [0, 0.05) is 30.6 Å². The monoisotopic (exact) mass is 456 g/mol. The third kappa shape index (κ3) is 3.68. The summed E-state index contributed by atoms with van der Waals surface area (Å²) in [5.41, 5.74) is 2.83. The van der Waals surface area contributed by atoms with E-state index in [0.717, 1.165) is 40.8 Å². The highest BCUT2D eigenvalue weighted by atomic mass is 16.7. The molecule has 7 nitrogen and oxygen atoms in total. The quantitative estimate of drug-likeness (QED) is 0.469. The van der Waals surface area contributed by atoms with E-state index in [2.05, 4.69) is 16.4 Å². The molecule has 2 aliphatic heterocycles. The summed E-state index contributed by atoms with van der Waals surface area (Å²) in [5, 5.41) is 4.02. The molecule has 2 aromatic carbocycles. The number of rotatable bonds is 5. The van der Waals surface area contributed by atoms with E-state index in [0.29, 0.717) is 36.8 Å². The minimum absolute atomic E-state index is 0.141. The Bertz CT molecular complexity index is 1340. The smallest absolute Gasteiger partial charge is 0.252 e. The number of aromatic nitrogens is 1. The number of carbonyl (C=O) groups is 1. The number of carbonyl (C=O) groups excluding carboxylic acids is 1. The average molecular weight is 456 g/mol. The SMILES string of the molecule is O=C(NCC1(c2ccc3c(c2)OCO3)CCOCC1)c1cc(-c2ccco2)nc2ccccc12. The van der Waals surface area contributed by atoms with Crippen molar-refractivity contribution >= 4 is 16.8 Å². The van der Waals surface area contributed by atoms with Gasteiger partial charge < -0.3 is 23.9 Å². The predicted molar refractivity (Wildman–Crippen MR) is 126 cm³/mol. The van der Waals surface area contributed by atoms with Gasteiger partial charge in [-0.1, -0.05) is 24.3 Å². The molecule has 0 saturated carbocycles. The van der Waals surface area contributed by atoms with E-state index in [1.807, 2.05) is 48.5 Å². The molecule has 34 heavy (non-hydrogen) atoms. The van der Waals surface area contributed by atoms with Crippen LogP contribution in [-0.2, 0) is 10.2 Å². The first-order valence-corrected chi connectivity index (χ1v) is 11.4. The average Bonchev–Trinajstić information content (AvgIpc) is 3.59. The van der Waals surface area contributed by atoms with Crippen molar-refractivity contribution in [3.05, 3.63) is 78.1 Å². The van der Waals surface area contributed by atoms with Gasteiger partial charge in [-0.15, -0.1) is 0 Å². The molecular formula is C27H24N2O5. The molecule has 4 aromatic rings. The van der Waals surface area contributed by atoms with Gasteiger partial charge in [-0.05, 0) is 54.8 Å². The fourth-order valence-corrected chi connectivity index (χ4v) is 4.81.